The molecular formula is C18H27IN6O2S2. The number of nitrogens with one attached hydrogen (secondary N) is 1. The molecule has 11 heteroatoms. The highest BCUT2D eigenvalue weighted by Crippen LogP contribution is 2.23. The van der Waals surface area contributed by atoms with Crippen LogP contribution in [0.4, 0.5) is 5.82 Å². The molecule has 0 bridgehead atoms. The number of aliphatic imine (C=N–C) groups is 1. The number of pyridine rings is 1. The van der Waals surface area contributed by atoms with Crippen molar-refractivity contribution in [1.29, 1.82) is 0 Å². The van der Waals surface area contributed by atoms with E-state index in [1.54, 1.807) is 27.2 Å². The van der Waals surface area contributed by atoms with Crippen molar-refractivity contribution in [2.75, 3.05) is 52.2 Å². The van der Waals surface area contributed by atoms with Crippen molar-refractivity contribution in [3.63, 3.8) is 0 Å². The monoisotopic (exact) mass is 550 g/mol. The van der Waals surface area contributed by atoms with Crippen LogP contribution >= 0.6 is 35.3 Å². The number of halogens is 1. The molecule has 8 nitrogen and oxygen atoms in total. The van der Waals surface area contributed by atoms with Gasteiger partial charge in [0.2, 0.25) is 0 Å². The molecule has 1 fully saturated rings. The molecule has 29 heavy (non-hydrogen) atoms. The number of rotatable bonds is 5. The van der Waals surface area contributed by atoms with Crippen molar-refractivity contribution in [3.05, 3.63) is 41.4 Å². The Balaban J connectivity index is 0.00000300. The number of hydrogen-bond donors (Lipinski definition) is 1. The molecule has 1 aliphatic rings. The van der Waals surface area contributed by atoms with Crippen LogP contribution in [0.25, 0.3) is 0 Å². The molecular weight excluding hydrogens is 523 g/mol. The van der Waals surface area contributed by atoms with Gasteiger partial charge >= 0.3 is 0 Å². The van der Waals surface area contributed by atoms with E-state index in [0.717, 1.165) is 42.8 Å². The van der Waals surface area contributed by atoms with E-state index in [4.69, 9.17) is 0 Å². The van der Waals surface area contributed by atoms with Gasteiger partial charge in [-0.05, 0) is 24.3 Å². The lowest BCUT2D eigenvalue weighted by Gasteiger charge is -2.37. The van der Waals surface area contributed by atoms with Gasteiger partial charge < -0.3 is 15.1 Å². The topological polar surface area (TPSA) is 81.1 Å². The van der Waals surface area contributed by atoms with E-state index in [1.807, 2.05) is 30.5 Å². The second kappa shape index (κ2) is 10.5. The molecule has 1 aliphatic heterocycles. The molecule has 0 atom stereocenters. The predicted molar refractivity (Wildman–Crippen MR) is 129 cm³/mol. The first-order chi connectivity index (χ1) is 13.4. The summed E-state index contributed by atoms with van der Waals surface area (Å²) in [5.74, 6) is 1.82. The summed E-state index contributed by atoms with van der Waals surface area (Å²) in [4.78, 5) is 14.2. The van der Waals surface area contributed by atoms with Crippen LogP contribution in [0.5, 0.6) is 0 Å². The van der Waals surface area contributed by atoms with Crippen molar-refractivity contribution in [2.45, 2.75) is 10.8 Å². The first-order valence-corrected chi connectivity index (χ1v) is 11.3. The zero-order chi connectivity index (χ0) is 20.1. The van der Waals surface area contributed by atoms with Crippen LogP contribution < -0.4 is 10.2 Å². The SMILES string of the molecule is CN=C(NCc1ccc(S(=O)(=O)N(C)C)s1)N1CCN(c2ccccn2)CC1.I. The average Bonchev–Trinajstić information content (AvgIpc) is 3.19. The molecule has 0 unspecified atom stereocenters. The Morgan fingerprint density at radius 1 is 1.21 bits per heavy atom. The zero-order valence-corrected chi connectivity index (χ0v) is 20.7. The molecule has 0 radical (unpaired) electrons. The maximum atomic E-state index is 12.2. The van der Waals surface area contributed by atoms with Crippen molar-refractivity contribution in [1.82, 2.24) is 19.5 Å². The maximum absolute atomic E-state index is 12.2. The molecule has 1 N–H and O–H groups in total. The molecule has 0 saturated carbocycles. The van der Waals surface area contributed by atoms with Crippen LogP contribution in [0, 0.1) is 0 Å². The lowest BCUT2D eigenvalue weighted by atomic mass is 10.3. The van der Waals surface area contributed by atoms with Gasteiger partial charge in [0.05, 0.1) is 6.54 Å². The highest BCUT2D eigenvalue weighted by atomic mass is 127. The first-order valence-electron chi connectivity index (χ1n) is 9.04. The van der Waals surface area contributed by atoms with Crippen LogP contribution in [0.3, 0.4) is 0 Å². The summed E-state index contributed by atoms with van der Waals surface area (Å²) in [5, 5.41) is 3.35. The maximum Gasteiger partial charge on any atom is 0.252 e. The van der Waals surface area contributed by atoms with Gasteiger partial charge in [-0.2, -0.15) is 0 Å². The fourth-order valence-corrected chi connectivity index (χ4v) is 5.42. The van der Waals surface area contributed by atoms with E-state index in [-0.39, 0.29) is 24.0 Å². The Kier molecular flexibility index (Phi) is 8.67. The summed E-state index contributed by atoms with van der Waals surface area (Å²) in [7, 11) is 1.47. The standard InChI is InChI=1S/C18H26N6O2S2.HI/c1-19-18(21-14-15-7-8-17(27-15)28(25,26)22(2)3)24-12-10-23(11-13-24)16-6-4-5-9-20-16;/h4-9H,10-14H2,1-3H3,(H,19,21);1H. The minimum atomic E-state index is -3.38. The van der Waals surface area contributed by atoms with Gasteiger partial charge in [0.1, 0.15) is 10.0 Å². The number of thiophene rings is 1. The highest BCUT2D eigenvalue weighted by Gasteiger charge is 2.22. The Morgan fingerprint density at radius 2 is 1.93 bits per heavy atom. The van der Waals surface area contributed by atoms with Crippen LogP contribution in [-0.2, 0) is 16.6 Å². The number of anilines is 1. The van der Waals surface area contributed by atoms with Crippen LogP contribution in [0.1, 0.15) is 4.88 Å². The van der Waals surface area contributed by atoms with E-state index >= 15 is 0 Å². The molecule has 0 amide bonds. The molecule has 160 valence electrons. The molecule has 1 saturated heterocycles. The molecule has 2 aromatic rings. The molecule has 3 heterocycles. The third-order valence-corrected chi connectivity index (χ3v) is 7.92. The lowest BCUT2D eigenvalue weighted by Crippen LogP contribution is -2.52. The fraction of sp³-hybridized carbons (Fsp3) is 0.444. The van der Waals surface area contributed by atoms with Gasteiger partial charge in [-0.3, -0.25) is 4.99 Å². The lowest BCUT2D eigenvalue weighted by molar-refractivity contribution is 0.371. The van der Waals surface area contributed by atoms with E-state index < -0.39 is 10.0 Å². The number of hydrogen-bond acceptors (Lipinski definition) is 6. The van der Waals surface area contributed by atoms with Crippen LogP contribution in [-0.4, -0.2) is 75.9 Å². The quantitative estimate of drug-likeness (QED) is 0.348. The summed E-state index contributed by atoms with van der Waals surface area (Å²) in [5.41, 5.74) is 0. The largest absolute Gasteiger partial charge is 0.353 e. The van der Waals surface area contributed by atoms with Crippen molar-refractivity contribution >= 4 is 57.1 Å². The second-order valence-electron chi connectivity index (χ2n) is 6.57. The van der Waals surface area contributed by atoms with Gasteiger partial charge in [0.15, 0.2) is 5.96 Å². The summed E-state index contributed by atoms with van der Waals surface area (Å²) in [6.07, 6.45) is 1.81. The Labute approximate surface area is 193 Å². The summed E-state index contributed by atoms with van der Waals surface area (Å²) < 4.78 is 26.0. The number of aromatic nitrogens is 1. The third kappa shape index (κ3) is 5.80. The number of nitrogens with zero attached hydrogens (tertiary/aromatic N) is 5. The normalized spacial score (nSPS) is 15.4. The summed E-state index contributed by atoms with van der Waals surface area (Å²) in [6, 6.07) is 9.46. The van der Waals surface area contributed by atoms with Crippen molar-refractivity contribution in [3.8, 4) is 0 Å². The predicted octanol–water partition coefficient (Wildman–Crippen LogP) is 1.91. The van der Waals surface area contributed by atoms with Crippen molar-refractivity contribution < 1.29 is 8.42 Å². The van der Waals surface area contributed by atoms with Crippen LogP contribution in [0.15, 0.2) is 45.7 Å². The molecule has 2 aromatic heterocycles. The van der Waals surface area contributed by atoms with Gasteiger partial charge in [-0.15, -0.1) is 35.3 Å². The zero-order valence-electron chi connectivity index (χ0n) is 16.8. The summed E-state index contributed by atoms with van der Waals surface area (Å²) in [6.45, 7) is 3.99. The molecule has 0 aliphatic carbocycles. The minimum absolute atomic E-state index is 0. The molecule has 0 aromatic carbocycles. The second-order valence-corrected chi connectivity index (χ2v) is 10.1. The highest BCUT2D eigenvalue weighted by molar-refractivity contribution is 14.0. The van der Waals surface area contributed by atoms with Gasteiger partial charge in [-0.1, -0.05) is 6.07 Å². The fourth-order valence-electron chi connectivity index (χ4n) is 2.96. The van der Waals surface area contributed by atoms with E-state index in [2.05, 4.69) is 25.1 Å². The van der Waals surface area contributed by atoms with E-state index in [9.17, 15) is 8.42 Å². The van der Waals surface area contributed by atoms with Gasteiger partial charge in [0.25, 0.3) is 10.0 Å². The van der Waals surface area contributed by atoms with Crippen molar-refractivity contribution in [2.24, 2.45) is 4.99 Å². The van der Waals surface area contributed by atoms with Gasteiger partial charge in [-0.25, -0.2) is 17.7 Å². The number of guanidine groups is 1. The first kappa shape index (κ1) is 23.8. The average molecular weight is 550 g/mol. The van der Waals surface area contributed by atoms with E-state index in [1.165, 1.54) is 15.6 Å². The van der Waals surface area contributed by atoms with Gasteiger partial charge in [0, 0.05) is 58.4 Å². The number of sulfonamides is 1. The third-order valence-electron chi connectivity index (χ3n) is 4.56. The smallest absolute Gasteiger partial charge is 0.252 e. The minimum Gasteiger partial charge on any atom is -0.353 e. The Bertz CT molecular complexity index is 909. The molecule has 0 spiro atoms. The summed E-state index contributed by atoms with van der Waals surface area (Å²) >= 11 is 1.28. The van der Waals surface area contributed by atoms with E-state index in [0.29, 0.717) is 10.8 Å². The van der Waals surface area contributed by atoms with Crippen LogP contribution in [0.2, 0.25) is 0 Å². The Morgan fingerprint density at radius 3 is 2.52 bits per heavy atom. The number of piperazine rings is 1. The Hall–Kier alpha value is -1.44. The molecule has 3 rings (SSSR count).